The largest absolute Gasteiger partial charge is 0.492 e. The smallest absolute Gasteiger partial charge is 0.311 e. The first-order chi connectivity index (χ1) is 11.6. The normalized spacial score (nSPS) is 10.5. The van der Waals surface area contributed by atoms with Crippen LogP contribution in [0.3, 0.4) is 0 Å². The molecule has 0 aromatic heterocycles. The number of halogens is 1. The Morgan fingerprint density at radius 2 is 1.62 bits per heavy atom. The second-order valence-corrected chi connectivity index (χ2v) is 6.27. The predicted molar refractivity (Wildman–Crippen MR) is 102 cm³/mol. The number of hydrogen-bond acceptors (Lipinski definition) is 5. The molecule has 24 heavy (non-hydrogen) atoms. The maximum Gasteiger partial charge on any atom is 0.311 e. The summed E-state index contributed by atoms with van der Waals surface area (Å²) in [6.07, 6.45) is 1.12. The molecule has 0 bridgehead atoms. The molecular weight excluding hydrogens is 423 g/mol. The second-order valence-electron chi connectivity index (χ2n) is 5.19. The van der Waals surface area contributed by atoms with Gasteiger partial charge < -0.3 is 18.9 Å². The summed E-state index contributed by atoms with van der Waals surface area (Å²) in [6, 6.07) is 5.79. The number of hydrogen-bond donors (Lipinski definition) is 0. The fourth-order valence-electron chi connectivity index (χ4n) is 2.65. The maximum absolute atomic E-state index is 12.2. The van der Waals surface area contributed by atoms with Gasteiger partial charge in [0.2, 0.25) is 11.5 Å². The van der Waals surface area contributed by atoms with Crippen LogP contribution in [-0.2, 0) is 4.79 Å². The number of ether oxygens (including phenoxy) is 4. The summed E-state index contributed by atoms with van der Waals surface area (Å²) in [7, 11) is 4.62. The van der Waals surface area contributed by atoms with E-state index in [1.54, 1.807) is 7.11 Å². The molecule has 0 fully saturated rings. The quantitative estimate of drug-likeness (QED) is 0.276. The number of methoxy groups -OCH3 is 3. The SMILES string of the molecule is COc1c(OC)c(OC(=O)CCCI)c2c(C)cccc2c1OC. The first-order valence-corrected chi connectivity index (χ1v) is 9.09. The lowest BCUT2D eigenvalue weighted by atomic mass is 10.0. The van der Waals surface area contributed by atoms with Crippen molar-refractivity contribution >= 4 is 39.3 Å². The fraction of sp³-hybridized carbons (Fsp3) is 0.389. The molecule has 0 aliphatic rings. The molecule has 0 radical (unpaired) electrons. The van der Waals surface area contributed by atoms with E-state index in [2.05, 4.69) is 22.6 Å². The summed E-state index contributed by atoms with van der Waals surface area (Å²) in [6.45, 7) is 1.95. The predicted octanol–water partition coefficient (Wildman–Crippen LogP) is 4.29. The molecule has 0 atom stereocenters. The van der Waals surface area contributed by atoms with Crippen molar-refractivity contribution in [1.82, 2.24) is 0 Å². The van der Waals surface area contributed by atoms with Crippen molar-refractivity contribution in [2.24, 2.45) is 0 Å². The van der Waals surface area contributed by atoms with Crippen LogP contribution in [0, 0.1) is 6.92 Å². The van der Waals surface area contributed by atoms with Gasteiger partial charge in [-0.15, -0.1) is 0 Å². The Labute approximate surface area is 155 Å². The highest BCUT2D eigenvalue weighted by Crippen LogP contribution is 2.51. The van der Waals surface area contributed by atoms with Crippen LogP contribution in [0.4, 0.5) is 0 Å². The van der Waals surface area contributed by atoms with Gasteiger partial charge in [-0.2, -0.15) is 0 Å². The summed E-state index contributed by atoms with van der Waals surface area (Å²) in [5, 5.41) is 1.60. The van der Waals surface area contributed by atoms with Gasteiger partial charge >= 0.3 is 5.97 Å². The topological polar surface area (TPSA) is 54.0 Å². The molecule has 0 unspecified atom stereocenters. The molecule has 0 spiro atoms. The van der Waals surface area contributed by atoms with E-state index in [1.165, 1.54) is 14.2 Å². The number of esters is 1. The molecule has 0 aliphatic heterocycles. The molecule has 0 saturated heterocycles. The average molecular weight is 444 g/mol. The minimum atomic E-state index is -0.290. The Bertz CT molecular complexity index is 742. The fourth-order valence-corrected chi connectivity index (χ4v) is 3.03. The second kappa shape index (κ2) is 8.41. The van der Waals surface area contributed by atoms with E-state index < -0.39 is 0 Å². The molecule has 0 N–H and O–H groups in total. The van der Waals surface area contributed by atoms with Gasteiger partial charge in [-0.1, -0.05) is 40.8 Å². The van der Waals surface area contributed by atoms with Crippen molar-refractivity contribution < 1.29 is 23.7 Å². The number of carbonyl (C=O) groups is 1. The van der Waals surface area contributed by atoms with E-state index in [0.717, 1.165) is 27.2 Å². The van der Waals surface area contributed by atoms with Crippen LogP contribution < -0.4 is 18.9 Å². The third-order valence-electron chi connectivity index (χ3n) is 3.71. The van der Waals surface area contributed by atoms with Gasteiger partial charge in [0.05, 0.1) is 21.3 Å². The van der Waals surface area contributed by atoms with Gasteiger partial charge in [-0.3, -0.25) is 4.79 Å². The van der Waals surface area contributed by atoms with Gasteiger partial charge in [0.15, 0.2) is 11.5 Å². The molecule has 0 amide bonds. The molecule has 5 nitrogen and oxygen atoms in total. The summed E-state index contributed by atoms with van der Waals surface area (Å²) < 4.78 is 23.1. The van der Waals surface area contributed by atoms with E-state index >= 15 is 0 Å². The zero-order chi connectivity index (χ0) is 17.7. The van der Waals surface area contributed by atoms with E-state index in [4.69, 9.17) is 18.9 Å². The van der Waals surface area contributed by atoms with Crippen LogP contribution in [0.15, 0.2) is 18.2 Å². The summed E-state index contributed by atoms with van der Waals surface area (Å²) >= 11 is 2.24. The molecule has 2 rings (SSSR count). The standard InChI is InChI=1S/C18H21IO5/c1-11-7-5-8-12-14(11)16(24-13(20)9-6-10-19)18(23-4)17(22-3)15(12)21-2/h5,7-8H,6,9-10H2,1-4H3. The monoisotopic (exact) mass is 444 g/mol. The number of alkyl halides is 1. The number of fused-ring (bicyclic) bond motifs is 1. The molecule has 2 aromatic carbocycles. The van der Waals surface area contributed by atoms with Crippen molar-refractivity contribution in [1.29, 1.82) is 0 Å². The van der Waals surface area contributed by atoms with Gasteiger partial charge in [0.1, 0.15) is 0 Å². The van der Waals surface area contributed by atoms with Crippen LogP contribution in [0.5, 0.6) is 23.0 Å². The van der Waals surface area contributed by atoms with Gasteiger partial charge in [0.25, 0.3) is 0 Å². The molecular formula is C18H21IO5. The molecule has 130 valence electrons. The van der Waals surface area contributed by atoms with Gasteiger partial charge in [-0.25, -0.2) is 0 Å². The minimum absolute atomic E-state index is 0.290. The van der Waals surface area contributed by atoms with Crippen LogP contribution in [0.1, 0.15) is 18.4 Å². The van der Waals surface area contributed by atoms with E-state index in [-0.39, 0.29) is 5.97 Å². The minimum Gasteiger partial charge on any atom is -0.492 e. The van der Waals surface area contributed by atoms with Crippen LogP contribution >= 0.6 is 22.6 Å². The molecule has 2 aromatic rings. The Morgan fingerprint density at radius 3 is 2.21 bits per heavy atom. The average Bonchev–Trinajstić information content (AvgIpc) is 2.59. The number of carbonyl (C=O) groups excluding carboxylic acids is 1. The van der Waals surface area contributed by atoms with Crippen LogP contribution in [0.2, 0.25) is 0 Å². The third-order valence-corrected chi connectivity index (χ3v) is 4.47. The zero-order valence-electron chi connectivity index (χ0n) is 14.3. The van der Waals surface area contributed by atoms with Gasteiger partial charge in [-0.05, 0) is 18.9 Å². The first kappa shape index (κ1) is 18.6. The van der Waals surface area contributed by atoms with Crippen molar-refractivity contribution in [2.75, 3.05) is 25.8 Å². The number of aryl methyl sites for hydroxylation is 1. The Kier molecular flexibility index (Phi) is 6.53. The Balaban J connectivity index is 2.73. The van der Waals surface area contributed by atoms with Crippen molar-refractivity contribution in [3.8, 4) is 23.0 Å². The molecule has 0 saturated carbocycles. The lowest BCUT2D eigenvalue weighted by molar-refractivity contribution is -0.134. The van der Waals surface area contributed by atoms with Crippen molar-refractivity contribution in [3.05, 3.63) is 23.8 Å². The van der Waals surface area contributed by atoms with E-state index in [9.17, 15) is 4.79 Å². The van der Waals surface area contributed by atoms with Crippen LogP contribution in [-0.4, -0.2) is 31.7 Å². The Hall–Kier alpha value is -1.70. The van der Waals surface area contributed by atoms with Crippen LogP contribution in [0.25, 0.3) is 10.8 Å². The summed E-state index contributed by atoms with van der Waals surface area (Å²) in [4.78, 5) is 12.2. The first-order valence-electron chi connectivity index (χ1n) is 7.56. The summed E-state index contributed by atoms with van der Waals surface area (Å²) in [5.41, 5.74) is 0.962. The zero-order valence-corrected chi connectivity index (χ0v) is 16.4. The molecule has 6 heteroatoms. The lowest BCUT2D eigenvalue weighted by Gasteiger charge is -2.20. The number of rotatable bonds is 7. The number of benzene rings is 2. The van der Waals surface area contributed by atoms with E-state index in [1.807, 2.05) is 25.1 Å². The highest BCUT2D eigenvalue weighted by Gasteiger charge is 2.25. The molecule has 0 heterocycles. The highest BCUT2D eigenvalue weighted by atomic mass is 127. The van der Waals surface area contributed by atoms with E-state index in [0.29, 0.717) is 29.4 Å². The van der Waals surface area contributed by atoms with Crippen molar-refractivity contribution in [2.45, 2.75) is 19.8 Å². The molecule has 0 aliphatic carbocycles. The third kappa shape index (κ3) is 3.53. The summed E-state index contributed by atoms with van der Waals surface area (Å²) in [5.74, 6) is 1.41. The lowest BCUT2D eigenvalue weighted by Crippen LogP contribution is -2.10. The highest BCUT2D eigenvalue weighted by molar-refractivity contribution is 14.1. The Morgan fingerprint density at radius 1 is 1.00 bits per heavy atom. The van der Waals surface area contributed by atoms with Crippen molar-refractivity contribution in [3.63, 3.8) is 0 Å². The maximum atomic E-state index is 12.2. The van der Waals surface area contributed by atoms with Gasteiger partial charge in [0, 0.05) is 21.6 Å².